The summed E-state index contributed by atoms with van der Waals surface area (Å²) in [4.78, 5) is 27.6. The van der Waals surface area contributed by atoms with Crippen molar-refractivity contribution >= 4 is 35.1 Å². The van der Waals surface area contributed by atoms with E-state index in [2.05, 4.69) is 0 Å². The Hall–Kier alpha value is -2.64. The molecule has 0 bridgehead atoms. The summed E-state index contributed by atoms with van der Waals surface area (Å²) in [6.07, 6.45) is 0.692. The molecule has 0 aromatic heterocycles. The van der Waals surface area contributed by atoms with Crippen LogP contribution in [0.5, 0.6) is 17.2 Å². The molecule has 1 aliphatic heterocycles. The Morgan fingerprint density at radius 3 is 2.21 bits per heavy atom. The molecule has 1 unspecified atom stereocenters. The third kappa shape index (κ3) is 5.14. The minimum Gasteiger partial charge on any atom is -0.493 e. The standard InChI is InChI=1S/C24H27Cl2NO6/c1-5-33-21(28)13-24(16-6-7-17(25)18(26)12-16)8-9-27(14-24)23(29)15-10-19(30-2)22(32-4)20(11-15)31-3/h6-7,10-12H,5,8-9,13-14H2,1-4H3. The lowest BCUT2D eigenvalue weighted by atomic mass is 9.77. The number of halogens is 2. The van der Waals surface area contributed by atoms with Crippen LogP contribution in [0.15, 0.2) is 30.3 Å². The minimum atomic E-state index is -0.642. The number of amides is 1. The Bertz CT molecular complexity index is 1020. The zero-order chi connectivity index (χ0) is 24.2. The molecule has 0 spiro atoms. The van der Waals surface area contributed by atoms with Crippen LogP contribution in [0, 0.1) is 0 Å². The van der Waals surface area contributed by atoms with Crippen LogP contribution < -0.4 is 14.2 Å². The highest BCUT2D eigenvalue weighted by Crippen LogP contribution is 2.42. The molecule has 0 N–H and O–H groups in total. The molecular formula is C24H27Cl2NO6. The first-order valence-corrected chi connectivity index (χ1v) is 11.2. The van der Waals surface area contributed by atoms with Crippen LogP contribution >= 0.6 is 23.2 Å². The van der Waals surface area contributed by atoms with Crippen molar-refractivity contribution in [3.8, 4) is 17.2 Å². The van der Waals surface area contributed by atoms with Gasteiger partial charge in [-0.05, 0) is 43.2 Å². The number of rotatable bonds is 8. The Morgan fingerprint density at radius 1 is 1.00 bits per heavy atom. The molecule has 1 atom stereocenters. The van der Waals surface area contributed by atoms with E-state index >= 15 is 0 Å². The van der Waals surface area contributed by atoms with Crippen LogP contribution in [-0.4, -0.2) is 57.8 Å². The Kier molecular flexibility index (Phi) is 7.97. The fourth-order valence-corrected chi connectivity index (χ4v) is 4.53. The van der Waals surface area contributed by atoms with Gasteiger partial charge in [-0.2, -0.15) is 0 Å². The number of methoxy groups -OCH3 is 3. The maximum atomic E-state index is 13.4. The summed E-state index contributed by atoms with van der Waals surface area (Å²) in [7, 11) is 4.50. The molecule has 0 aliphatic carbocycles. The summed E-state index contributed by atoms with van der Waals surface area (Å²) in [5.41, 5.74) is 0.590. The quantitative estimate of drug-likeness (QED) is 0.491. The highest BCUT2D eigenvalue weighted by Gasteiger charge is 2.44. The number of hydrogen-bond acceptors (Lipinski definition) is 6. The highest BCUT2D eigenvalue weighted by atomic mass is 35.5. The van der Waals surface area contributed by atoms with Crippen LogP contribution in [0.25, 0.3) is 0 Å². The van der Waals surface area contributed by atoms with Crippen LogP contribution in [0.3, 0.4) is 0 Å². The lowest BCUT2D eigenvalue weighted by molar-refractivity contribution is -0.144. The van der Waals surface area contributed by atoms with E-state index in [4.69, 9.17) is 42.1 Å². The second-order valence-corrected chi connectivity index (χ2v) is 8.60. The van der Waals surface area contributed by atoms with E-state index in [-0.39, 0.29) is 24.9 Å². The third-order valence-electron chi connectivity index (χ3n) is 5.87. The first-order chi connectivity index (χ1) is 15.8. The number of hydrogen-bond donors (Lipinski definition) is 0. The van der Waals surface area contributed by atoms with Crippen molar-refractivity contribution in [1.29, 1.82) is 0 Å². The first kappa shape index (κ1) is 25.0. The molecule has 7 nitrogen and oxygen atoms in total. The van der Waals surface area contributed by atoms with Crippen molar-refractivity contribution in [3.05, 3.63) is 51.5 Å². The third-order valence-corrected chi connectivity index (χ3v) is 6.61. The number of carbonyl (C=O) groups is 2. The van der Waals surface area contributed by atoms with Gasteiger partial charge >= 0.3 is 5.97 Å². The number of ether oxygens (including phenoxy) is 4. The predicted octanol–water partition coefficient (Wildman–Crippen LogP) is 4.76. The van der Waals surface area contributed by atoms with Gasteiger partial charge in [0.1, 0.15) is 0 Å². The summed E-state index contributed by atoms with van der Waals surface area (Å²) in [6, 6.07) is 8.55. The minimum absolute atomic E-state index is 0.123. The maximum Gasteiger partial charge on any atom is 0.306 e. The summed E-state index contributed by atoms with van der Waals surface area (Å²) in [6.45, 7) is 2.82. The molecule has 33 heavy (non-hydrogen) atoms. The van der Waals surface area contributed by atoms with Crippen molar-refractivity contribution in [2.45, 2.75) is 25.2 Å². The van der Waals surface area contributed by atoms with Crippen molar-refractivity contribution in [2.24, 2.45) is 0 Å². The van der Waals surface area contributed by atoms with Gasteiger partial charge in [0, 0.05) is 24.1 Å². The van der Waals surface area contributed by atoms with Crippen LogP contribution in [0.4, 0.5) is 0 Å². The Morgan fingerprint density at radius 2 is 1.67 bits per heavy atom. The molecule has 3 rings (SSSR count). The lowest BCUT2D eigenvalue weighted by Gasteiger charge is -2.29. The average molecular weight is 496 g/mol. The largest absolute Gasteiger partial charge is 0.493 e. The number of esters is 1. The fraction of sp³-hybridized carbons (Fsp3) is 0.417. The molecule has 1 fully saturated rings. The zero-order valence-corrected chi connectivity index (χ0v) is 20.6. The van der Waals surface area contributed by atoms with E-state index in [9.17, 15) is 9.59 Å². The van der Waals surface area contributed by atoms with E-state index < -0.39 is 5.41 Å². The second-order valence-electron chi connectivity index (χ2n) is 7.78. The molecule has 2 aromatic carbocycles. The van der Waals surface area contributed by atoms with Gasteiger partial charge in [-0.25, -0.2) is 0 Å². The predicted molar refractivity (Wildman–Crippen MR) is 126 cm³/mol. The second kappa shape index (κ2) is 10.5. The normalized spacial score (nSPS) is 17.6. The first-order valence-electron chi connectivity index (χ1n) is 10.5. The van der Waals surface area contributed by atoms with E-state index in [1.807, 2.05) is 6.07 Å². The van der Waals surface area contributed by atoms with Crippen molar-refractivity contribution in [1.82, 2.24) is 4.90 Å². The monoisotopic (exact) mass is 495 g/mol. The van der Waals surface area contributed by atoms with Crippen molar-refractivity contribution in [3.63, 3.8) is 0 Å². The summed E-state index contributed by atoms with van der Waals surface area (Å²) >= 11 is 12.4. The number of likely N-dealkylation sites (tertiary alicyclic amines) is 1. The smallest absolute Gasteiger partial charge is 0.306 e. The molecule has 0 radical (unpaired) electrons. The van der Waals surface area contributed by atoms with Gasteiger partial charge < -0.3 is 23.8 Å². The van der Waals surface area contributed by atoms with E-state index in [1.54, 1.807) is 36.1 Å². The zero-order valence-electron chi connectivity index (χ0n) is 19.1. The lowest BCUT2D eigenvalue weighted by Crippen LogP contribution is -2.36. The van der Waals surface area contributed by atoms with Crippen LogP contribution in [0.1, 0.15) is 35.7 Å². The SMILES string of the molecule is CCOC(=O)CC1(c2ccc(Cl)c(Cl)c2)CCN(C(=O)c2cc(OC)c(OC)c(OC)c2)C1. The van der Waals surface area contributed by atoms with Gasteiger partial charge in [-0.3, -0.25) is 9.59 Å². The van der Waals surface area contributed by atoms with Crippen LogP contribution in [0.2, 0.25) is 10.0 Å². The molecule has 2 aromatic rings. The van der Waals surface area contributed by atoms with Crippen LogP contribution in [-0.2, 0) is 14.9 Å². The molecule has 1 saturated heterocycles. The maximum absolute atomic E-state index is 13.4. The van der Waals surface area contributed by atoms with Gasteiger partial charge in [-0.1, -0.05) is 29.3 Å². The van der Waals surface area contributed by atoms with Gasteiger partial charge in [0.05, 0.1) is 44.4 Å². The van der Waals surface area contributed by atoms with Gasteiger partial charge in [0.2, 0.25) is 5.75 Å². The van der Waals surface area contributed by atoms with E-state index in [1.165, 1.54) is 21.3 Å². The Labute approximate surface area is 203 Å². The van der Waals surface area contributed by atoms with Gasteiger partial charge in [0.15, 0.2) is 11.5 Å². The molecule has 1 heterocycles. The molecular weight excluding hydrogens is 469 g/mol. The van der Waals surface area contributed by atoms with Crippen molar-refractivity contribution in [2.75, 3.05) is 41.0 Å². The molecule has 178 valence electrons. The summed E-state index contributed by atoms with van der Waals surface area (Å²) in [5, 5.41) is 0.821. The van der Waals surface area contributed by atoms with Gasteiger partial charge in [-0.15, -0.1) is 0 Å². The number of carbonyl (C=O) groups excluding carboxylic acids is 2. The van der Waals surface area contributed by atoms with E-state index in [0.29, 0.717) is 52.4 Å². The van der Waals surface area contributed by atoms with Gasteiger partial charge in [0.25, 0.3) is 5.91 Å². The van der Waals surface area contributed by atoms with Crippen molar-refractivity contribution < 1.29 is 28.5 Å². The fourth-order valence-electron chi connectivity index (χ4n) is 4.23. The summed E-state index contributed by atoms with van der Waals surface area (Å²) < 4.78 is 21.3. The molecule has 1 aliphatic rings. The topological polar surface area (TPSA) is 74.3 Å². The number of benzene rings is 2. The number of nitrogens with zero attached hydrogens (tertiary/aromatic N) is 1. The average Bonchev–Trinajstić information content (AvgIpc) is 3.24. The molecule has 0 saturated carbocycles. The molecule has 9 heteroatoms. The summed E-state index contributed by atoms with van der Waals surface area (Å²) in [5.74, 6) is 0.652. The Balaban J connectivity index is 1.95. The highest BCUT2D eigenvalue weighted by molar-refractivity contribution is 6.42. The molecule has 1 amide bonds. The van der Waals surface area contributed by atoms with E-state index in [0.717, 1.165) is 5.56 Å².